The first-order valence-corrected chi connectivity index (χ1v) is 10.6. The molecule has 0 saturated heterocycles. The quantitative estimate of drug-likeness (QED) is 0.664. The second-order valence-electron chi connectivity index (χ2n) is 7.94. The van der Waals surface area contributed by atoms with Gasteiger partial charge >= 0.3 is 6.03 Å². The number of hydrogen-bond donors (Lipinski definition) is 2. The lowest BCUT2D eigenvalue weighted by Crippen LogP contribution is -2.47. The molecular formula is C23H23ClN4O2. The van der Waals surface area contributed by atoms with Gasteiger partial charge in [0.05, 0.1) is 13.1 Å². The zero-order valence-corrected chi connectivity index (χ0v) is 17.3. The molecule has 3 amide bonds. The van der Waals surface area contributed by atoms with Gasteiger partial charge in [0.25, 0.3) is 0 Å². The zero-order valence-electron chi connectivity index (χ0n) is 16.6. The number of nitrogens with one attached hydrogen (secondary N) is 2. The van der Waals surface area contributed by atoms with E-state index in [0.29, 0.717) is 31.2 Å². The Hall–Kier alpha value is -2.99. The van der Waals surface area contributed by atoms with Crippen molar-refractivity contribution in [1.82, 2.24) is 20.1 Å². The number of hydrogen-bond acceptors (Lipinski definition) is 2. The number of halogens is 1. The fraction of sp³-hybridized carbons (Fsp3) is 0.304. The number of aromatic nitrogens is 1. The van der Waals surface area contributed by atoms with E-state index in [-0.39, 0.29) is 18.5 Å². The Balaban J connectivity index is 1.20. The van der Waals surface area contributed by atoms with Crippen LogP contribution in [0, 0.1) is 0 Å². The van der Waals surface area contributed by atoms with Gasteiger partial charge in [-0.1, -0.05) is 35.9 Å². The molecule has 3 heterocycles. The molecule has 3 aromatic rings. The number of nitrogens with zero attached hydrogens (tertiary/aromatic N) is 2. The Kier molecular flexibility index (Phi) is 4.87. The molecule has 2 aliphatic rings. The van der Waals surface area contributed by atoms with E-state index in [1.54, 1.807) is 4.90 Å². The van der Waals surface area contributed by atoms with Crippen LogP contribution in [-0.4, -0.2) is 46.4 Å². The second kappa shape index (κ2) is 7.69. The zero-order chi connectivity index (χ0) is 20.7. The topological polar surface area (TPSA) is 68.4 Å². The van der Waals surface area contributed by atoms with E-state index in [1.807, 2.05) is 35.2 Å². The van der Waals surface area contributed by atoms with Crippen LogP contribution in [0.2, 0.25) is 5.02 Å². The van der Waals surface area contributed by atoms with Crippen molar-refractivity contribution in [2.75, 3.05) is 19.6 Å². The molecule has 6 nitrogen and oxygen atoms in total. The molecule has 1 aromatic heterocycles. The number of urea groups is 1. The van der Waals surface area contributed by atoms with Crippen LogP contribution in [0.1, 0.15) is 22.4 Å². The van der Waals surface area contributed by atoms with Crippen LogP contribution in [0.25, 0.3) is 10.9 Å². The summed E-state index contributed by atoms with van der Waals surface area (Å²) in [6, 6.07) is 13.8. The van der Waals surface area contributed by atoms with E-state index < -0.39 is 0 Å². The van der Waals surface area contributed by atoms with E-state index in [4.69, 9.17) is 11.6 Å². The van der Waals surface area contributed by atoms with Crippen LogP contribution in [0.5, 0.6) is 0 Å². The molecule has 0 fully saturated rings. The van der Waals surface area contributed by atoms with E-state index in [9.17, 15) is 9.59 Å². The van der Waals surface area contributed by atoms with Gasteiger partial charge in [0.1, 0.15) is 0 Å². The Bertz CT molecular complexity index is 1140. The van der Waals surface area contributed by atoms with Gasteiger partial charge in [-0.05, 0) is 47.7 Å². The minimum absolute atomic E-state index is 0.0205. The van der Waals surface area contributed by atoms with Gasteiger partial charge in [0, 0.05) is 41.3 Å². The highest BCUT2D eigenvalue weighted by molar-refractivity contribution is 6.31. The van der Waals surface area contributed by atoms with Gasteiger partial charge in [-0.15, -0.1) is 0 Å². The molecule has 0 radical (unpaired) electrons. The molecule has 0 saturated carbocycles. The third-order valence-electron chi connectivity index (χ3n) is 6.10. The summed E-state index contributed by atoms with van der Waals surface area (Å²) in [6.45, 7) is 2.43. The van der Waals surface area contributed by atoms with Gasteiger partial charge < -0.3 is 20.1 Å². The minimum Gasteiger partial charge on any atom is -0.357 e. The molecule has 0 unspecified atom stereocenters. The Morgan fingerprint density at radius 3 is 2.67 bits per heavy atom. The van der Waals surface area contributed by atoms with E-state index in [1.165, 1.54) is 16.7 Å². The second-order valence-corrected chi connectivity index (χ2v) is 8.37. The number of rotatable bonds is 2. The predicted molar refractivity (Wildman–Crippen MR) is 116 cm³/mol. The summed E-state index contributed by atoms with van der Waals surface area (Å²) in [4.78, 5) is 32.3. The first kappa shape index (κ1) is 19.0. The number of amides is 3. The molecule has 2 aliphatic heterocycles. The molecule has 7 heteroatoms. The van der Waals surface area contributed by atoms with Crippen molar-refractivity contribution in [2.45, 2.75) is 25.9 Å². The number of fused-ring (bicyclic) bond motifs is 4. The SMILES string of the molecule is O=C(CNC(=O)N1CCc2c([nH]c3ccc(Cl)cc23)C1)N1CCc2ccccc2C1. The Labute approximate surface area is 179 Å². The molecule has 0 atom stereocenters. The highest BCUT2D eigenvalue weighted by Gasteiger charge is 2.25. The molecule has 0 aliphatic carbocycles. The van der Waals surface area contributed by atoms with Crippen molar-refractivity contribution in [1.29, 1.82) is 0 Å². The summed E-state index contributed by atoms with van der Waals surface area (Å²) in [5.74, 6) is -0.0456. The summed E-state index contributed by atoms with van der Waals surface area (Å²) in [5.41, 5.74) is 5.78. The average Bonchev–Trinajstić information content (AvgIpc) is 3.13. The molecule has 2 aromatic carbocycles. The molecule has 30 heavy (non-hydrogen) atoms. The number of aromatic amines is 1. The van der Waals surface area contributed by atoms with Crippen molar-refractivity contribution in [2.24, 2.45) is 0 Å². The lowest BCUT2D eigenvalue weighted by atomic mass is 10.00. The lowest BCUT2D eigenvalue weighted by molar-refractivity contribution is -0.131. The van der Waals surface area contributed by atoms with Crippen molar-refractivity contribution >= 4 is 34.4 Å². The van der Waals surface area contributed by atoms with Crippen molar-refractivity contribution in [3.63, 3.8) is 0 Å². The summed E-state index contributed by atoms with van der Waals surface area (Å²) < 4.78 is 0. The van der Waals surface area contributed by atoms with Crippen LogP contribution in [0.4, 0.5) is 4.79 Å². The number of carbonyl (C=O) groups is 2. The van der Waals surface area contributed by atoms with Crippen LogP contribution in [0.3, 0.4) is 0 Å². The summed E-state index contributed by atoms with van der Waals surface area (Å²) in [5, 5.41) is 4.64. The van der Waals surface area contributed by atoms with Crippen LogP contribution in [0.15, 0.2) is 42.5 Å². The van der Waals surface area contributed by atoms with Crippen LogP contribution < -0.4 is 5.32 Å². The van der Waals surface area contributed by atoms with Crippen molar-refractivity contribution in [3.05, 3.63) is 69.9 Å². The summed E-state index contributed by atoms with van der Waals surface area (Å²) in [7, 11) is 0. The first-order valence-electron chi connectivity index (χ1n) is 10.2. The Morgan fingerprint density at radius 2 is 1.80 bits per heavy atom. The monoisotopic (exact) mass is 422 g/mol. The number of carbonyl (C=O) groups excluding carboxylic acids is 2. The number of H-pyrrole nitrogens is 1. The largest absolute Gasteiger partial charge is 0.357 e. The summed E-state index contributed by atoms with van der Waals surface area (Å²) in [6.07, 6.45) is 1.62. The third-order valence-corrected chi connectivity index (χ3v) is 6.33. The Morgan fingerprint density at radius 1 is 1.00 bits per heavy atom. The lowest BCUT2D eigenvalue weighted by Gasteiger charge is -2.30. The first-order chi connectivity index (χ1) is 14.6. The standard InChI is InChI=1S/C23H23ClN4O2/c24-17-5-6-20-19(11-17)18-8-10-28(14-21(18)26-20)23(30)25-12-22(29)27-9-7-15-3-1-2-4-16(15)13-27/h1-6,11,26H,7-10,12-14H2,(H,25,30). The normalized spacial score (nSPS) is 15.6. The maximum absolute atomic E-state index is 12.7. The average molecular weight is 423 g/mol. The van der Waals surface area contributed by atoms with Gasteiger partial charge in [-0.25, -0.2) is 4.79 Å². The molecule has 2 N–H and O–H groups in total. The maximum atomic E-state index is 12.7. The van der Waals surface area contributed by atoms with E-state index in [2.05, 4.69) is 22.4 Å². The maximum Gasteiger partial charge on any atom is 0.318 e. The van der Waals surface area contributed by atoms with Crippen molar-refractivity contribution in [3.8, 4) is 0 Å². The fourth-order valence-corrected chi connectivity index (χ4v) is 4.64. The van der Waals surface area contributed by atoms with E-state index in [0.717, 1.165) is 29.4 Å². The van der Waals surface area contributed by atoms with E-state index >= 15 is 0 Å². The van der Waals surface area contributed by atoms with Crippen LogP contribution >= 0.6 is 11.6 Å². The number of benzene rings is 2. The van der Waals surface area contributed by atoms with Gasteiger partial charge in [-0.2, -0.15) is 0 Å². The summed E-state index contributed by atoms with van der Waals surface area (Å²) >= 11 is 6.14. The van der Waals surface area contributed by atoms with Gasteiger partial charge in [0.2, 0.25) is 5.91 Å². The molecule has 0 spiro atoms. The smallest absolute Gasteiger partial charge is 0.318 e. The molecule has 154 valence electrons. The fourth-order valence-electron chi connectivity index (χ4n) is 4.47. The minimum atomic E-state index is -0.205. The molecular weight excluding hydrogens is 400 g/mol. The third kappa shape index (κ3) is 3.52. The van der Waals surface area contributed by atoms with Crippen LogP contribution in [-0.2, 0) is 30.7 Å². The highest BCUT2D eigenvalue weighted by Crippen LogP contribution is 2.29. The predicted octanol–water partition coefficient (Wildman–Crippen LogP) is 3.47. The molecule has 5 rings (SSSR count). The van der Waals surface area contributed by atoms with Gasteiger partial charge in [0.15, 0.2) is 0 Å². The molecule has 0 bridgehead atoms. The van der Waals surface area contributed by atoms with Gasteiger partial charge in [-0.3, -0.25) is 4.79 Å². The van der Waals surface area contributed by atoms with Crippen molar-refractivity contribution < 1.29 is 9.59 Å². The highest BCUT2D eigenvalue weighted by atomic mass is 35.5.